The summed E-state index contributed by atoms with van der Waals surface area (Å²) in [7, 11) is 0. The molecule has 84 valence electrons. The van der Waals surface area contributed by atoms with Crippen LogP contribution >= 0.6 is 45.5 Å². The Hall–Kier alpha value is -0.0600. The van der Waals surface area contributed by atoms with Crippen molar-refractivity contribution in [2.45, 2.75) is 19.2 Å². The SMILES string of the molecule is Cc1ccc(C(Cl)c2csc(I)c2)c(C)c1. The maximum atomic E-state index is 6.51. The molecule has 0 amide bonds. The lowest BCUT2D eigenvalue weighted by molar-refractivity contribution is 1.11. The maximum Gasteiger partial charge on any atom is 0.0846 e. The molecule has 0 radical (unpaired) electrons. The molecule has 3 heteroatoms. The Morgan fingerprint density at radius 3 is 2.56 bits per heavy atom. The van der Waals surface area contributed by atoms with Crippen LogP contribution in [0.25, 0.3) is 0 Å². The molecule has 1 unspecified atom stereocenters. The van der Waals surface area contributed by atoms with Crippen LogP contribution in [-0.2, 0) is 0 Å². The van der Waals surface area contributed by atoms with E-state index in [1.165, 1.54) is 25.1 Å². The van der Waals surface area contributed by atoms with E-state index in [0.29, 0.717) is 0 Å². The van der Waals surface area contributed by atoms with E-state index in [-0.39, 0.29) is 5.38 Å². The summed E-state index contributed by atoms with van der Waals surface area (Å²) in [4.78, 5) is 0. The lowest BCUT2D eigenvalue weighted by Crippen LogP contribution is -1.95. The first kappa shape index (κ1) is 12.4. The van der Waals surface area contributed by atoms with Crippen LogP contribution < -0.4 is 0 Å². The molecule has 1 atom stereocenters. The van der Waals surface area contributed by atoms with Crippen LogP contribution in [0.5, 0.6) is 0 Å². The minimum Gasteiger partial charge on any atom is -0.137 e. The molecular weight excluding hydrogens is 351 g/mol. The minimum absolute atomic E-state index is 0.0274. The van der Waals surface area contributed by atoms with Gasteiger partial charge in [-0.05, 0) is 64.6 Å². The summed E-state index contributed by atoms with van der Waals surface area (Å²) in [6.45, 7) is 4.22. The van der Waals surface area contributed by atoms with E-state index < -0.39 is 0 Å². The third kappa shape index (κ3) is 2.60. The van der Waals surface area contributed by atoms with Crippen molar-refractivity contribution in [3.63, 3.8) is 0 Å². The summed E-state index contributed by atoms with van der Waals surface area (Å²) in [6, 6.07) is 8.59. The second-order valence-electron chi connectivity index (χ2n) is 3.91. The van der Waals surface area contributed by atoms with E-state index in [4.69, 9.17) is 11.6 Å². The predicted molar refractivity (Wildman–Crippen MR) is 80.6 cm³/mol. The van der Waals surface area contributed by atoms with Gasteiger partial charge in [-0.1, -0.05) is 23.8 Å². The van der Waals surface area contributed by atoms with E-state index in [1.54, 1.807) is 11.3 Å². The Balaban J connectivity index is 2.37. The second kappa shape index (κ2) is 5.07. The van der Waals surface area contributed by atoms with E-state index >= 15 is 0 Å². The Bertz CT molecular complexity index is 504. The number of alkyl halides is 1. The average molecular weight is 363 g/mol. The highest BCUT2D eigenvalue weighted by Crippen LogP contribution is 2.34. The van der Waals surface area contributed by atoms with Gasteiger partial charge < -0.3 is 0 Å². The van der Waals surface area contributed by atoms with Gasteiger partial charge in [0, 0.05) is 0 Å². The first-order valence-corrected chi connectivity index (χ1v) is 7.42. The van der Waals surface area contributed by atoms with Gasteiger partial charge in [-0.2, -0.15) is 0 Å². The number of halogens is 2. The summed E-state index contributed by atoms with van der Waals surface area (Å²) < 4.78 is 1.28. The molecule has 0 N–H and O–H groups in total. The van der Waals surface area contributed by atoms with Gasteiger partial charge in [-0.25, -0.2) is 0 Å². The normalized spacial score (nSPS) is 12.8. The molecule has 2 aromatic rings. The molecule has 0 nitrogen and oxygen atoms in total. The van der Waals surface area contributed by atoms with Gasteiger partial charge >= 0.3 is 0 Å². The van der Waals surface area contributed by atoms with Gasteiger partial charge in [0.15, 0.2) is 0 Å². The molecular formula is C13H12ClIS. The van der Waals surface area contributed by atoms with Gasteiger partial charge in [0.1, 0.15) is 0 Å². The molecule has 0 saturated carbocycles. The van der Waals surface area contributed by atoms with Crippen molar-refractivity contribution in [2.24, 2.45) is 0 Å². The van der Waals surface area contributed by atoms with Gasteiger partial charge in [0.2, 0.25) is 0 Å². The van der Waals surface area contributed by atoms with E-state index in [9.17, 15) is 0 Å². The van der Waals surface area contributed by atoms with Crippen LogP contribution in [-0.4, -0.2) is 0 Å². The quantitative estimate of drug-likeness (QED) is 0.502. The molecule has 2 rings (SSSR count). The number of aryl methyl sites for hydroxylation is 2. The fourth-order valence-corrected chi connectivity index (χ4v) is 3.59. The van der Waals surface area contributed by atoms with Crippen LogP contribution in [0.2, 0.25) is 0 Å². The lowest BCUT2D eigenvalue weighted by Gasteiger charge is -2.12. The van der Waals surface area contributed by atoms with Crippen LogP contribution in [0.4, 0.5) is 0 Å². The Kier molecular flexibility index (Phi) is 3.93. The van der Waals surface area contributed by atoms with Crippen molar-refractivity contribution >= 4 is 45.5 Å². The monoisotopic (exact) mass is 362 g/mol. The summed E-state index contributed by atoms with van der Waals surface area (Å²) >= 11 is 10.6. The highest BCUT2D eigenvalue weighted by atomic mass is 127. The van der Waals surface area contributed by atoms with Gasteiger partial charge in [-0.15, -0.1) is 22.9 Å². The third-order valence-electron chi connectivity index (χ3n) is 2.58. The molecule has 0 spiro atoms. The Morgan fingerprint density at radius 1 is 1.25 bits per heavy atom. The van der Waals surface area contributed by atoms with Gasteiger partial charge in [-0.3, -0.25) is 0 Å². The first-order chi connectivity index (χ1) is 7.58. The highest BCUT2D eigenvalue weighted by molar-refractivity contribution is 14.1. The molecule has 0 aliphatic carbocycles. The smallest absolute Gasteiger partial charge is 0.0846 e. The molecule has 16 heavy (non-hydrogen) atoms. The second-order valence-corrected chi connectivity index (χ2v) is 7.15. The fourth-order valence-electron chi connectivity index (χ4n) is 1.75. The van der Waals surface area contributed by atoms with Crippen molar-refractivity contribution in [3.05, 3.63) is 54.8 Å². The third-order valence-corrected chi connectivity index (χ3v) is 4.87. The molecule has 0 aliphatic heterocycles. The topological polar surface area (TPSA) is 0 Å². The van der Waals surface area contributed by atoms with E-state index in [1.807, 2.05) is 0 Å². The number of benzene rings is 1. The predicted octanol–water partition coefficient (Wildman–Crippen LogP) is 5.30. The standard InChI is InChI=1S/C13H12ClIS/c1-8-3-4-11(9(2)5-8)13(14)10-6-12(15)16-7-10/h3-7,13H,1-2H3. The van der Waals surface area contributed by atoms with Crippen molar-refractivity contribution in [1.29, 1.82) is 0 Å². The van der Waals surface area contributed by atoms with E-state index in [2.05, 4.69) is 66.1 Å². The molecule has 0 saturated heterocycles. The zero-order valence-corrected chi connectivity index (χ0v) is 12.9. The summed E-state index contributed by atoms with van der Waals surface area (Å²) in [6.07, 6.45) is 0. The summed E-state index contributed by atoms with van der Waals surface area (Å²) in [5.41, 5.74) is 4.95. The number of hydrogen-bond acceptors (Lipinski definition) is 1. The number of rotatable bonds is 2. The highest BCUT2D eigenvalue weighted by Gasteiger charge is 2.14. The molecule has 0 bridgehead atoms. The van der Waals surface area contributed by atoms with Crippen LogP contribution in [0.1, 0.15) is 27.6 Å². The summed E-state index contributed by atoms with van der Waals surface area (Å²) in [5, 5.41) is 2.11. The van der Waals surface area contributed by atoms with Crippen molar-refractivity contribution in [2.75, 3.05) is 0 Å². The van der Waals surface area contributed by atoms with E-state index in [0.717, 1.165) is 0 Å². The summed E-state index contributed by atoms with van der Waals surface area (Å²) in [5.74, 6) is 0. The fraction of sp³-hybridized carbons (Fsp3) is 0.231. The zero-order chi connectivity index (χ0) is 11.7. The largest absolute Gasteiger partial charge is 0.137 e. The first-order valence-electron chi connectivity index (χ1n) is 5.03. The molecule has 1 heterocycles. The van der Waals surface area contributed by atoms with Crippen LogP contribution in [0.15, 0.2) is 29.6 Å². The number of hydrogen-bond donors (Lipinski definition) is 0. The van der Waals surface area contributed by atoms with Crippen molar-refractivity contribution in [1.82, 2.24) is 0 Å². The maximum absolute atomic E-state index is 6.51. The zero-order valence-electron chi connectivity index (χ0n) is 9.13. The van der Waals surface area contributed by atoms with Crippen molar-refractivity contribution < 1.29 is 0 Å². The molecule has 1 aromatic heterocycles. The Labute approximate surface area is 119 Å². The minimum atomic E-state index is -0.0274. The Morgan fingerprint density at radius 2 is 2.00 bits per heavy atom. The number of thiophene rings is 1. The molecule has 1 aromatic carbocycles. The van der Waals surface area contributed by atoms with Crippen molar-refractivity contribution in [3.8, 4) is 0 Å². The molecule has 0 fully saturated rings. The van der Waals surface area contributed by atoms with Gasteiger partial charge in [0.25, 0.3) is 0 Å². The van der Waals surface area contributed by atoms with Gasteiger partial charge in [0.05, 0.1) is 8.26 Å². The average Bonchev–Trinajstić information content (AvgIpc) is 2.64. The van der Waals surface area contributed by atoms with Crippen LogP contribution in [0, 0.1) is 16.7 Å². The lowest BCUT2D eigenvalue weighted by atomic mass is 10.00. The molecule has 0 aliphatic rings. The van der Waals surface area contributed by atoms with Crippen LogP contribution in [0.3, 0.4) is 0 Å².